The van der Waals surface area contributed by atoms with Gasteiger partial charge in [-0.25, -0.2) is 13.1 Å². The summed E-state index contributed by atoms with van der Waals surface area (Å²) in [6.45, 7) is 4.37. The lowest BCUT2D eigenvalue weighted by atomic mass is 10.5. The highest BCUT2D eigenvalue weighted by Crippen LogP contribution is 1.96. The molecule has 0 aromatic heterocycles. The average Bonchev–Trinajstić information content (AvgIpc) is 2.14. The van der Waals surface area contributed by atoms with Gasteiger partial charge in [0.15, 0.2) is 0 Å². The van der Waals surface area contributed by atoms with Crippen LogP contribution < -0.4 is 4.72 Å². The van der Waals surface area contributed by atoms with Crippen LogP contribution in [0.4, 0.5) is 0 Å². The first kappa shape index (κ1) is 16.1. The van der Waals surface area contributed by atoms with Crippen molar-refractivity contribution >= 4 is 21.6 Å². The zero-order valence-corrected chi connectivity index (χ0v) is 11.5. The molecule has 1 N–H and O–H groups in total. The Morgan fingerprint density at radius 3 is 2.50 bits per heavy atom. The van der Waals surface area contributed by atoms with Crippen molar-refractivity contribution in [3.05, 3.63) is 0 Å². The molecular weight excluding hydrogens is 254 g/mol. The van der Waals surface area contributed by atoms with E-state index < -0.39 is 10.0 Å². The maximum absolute atomic E-state index is 11.4. The first-order valence-corrected chi connectivity index (χ1v) is 7.18. The van der Waals surface area contributed by atoms with Gasteiger partial charge < -0.3 is 9.47 Å². The molecule has 0 spiro atoms. The van der Waals surface area contributed by atoms with Crippen LogP contribution in [0.1, 0.15) is 13.8 Å². The van der Waals surface area contributed by atoms with Crippen LogP contribution in [0.15, 0.2) is 0 Å². The van der Waals surface area contributed by atoms with E-state index >= 15 is 0 Å². The number of alkyl halides is 1. The fourth-order valence-electron chi connectivity index (χ4n) is 0.923. The average molecular weight is 274 g/mol. The zero-order chi connectivity index (χ0) is 12.6. The summed E-state index contributed by atoms with van der Waals surface area (Å²) in [6, 6.07) is 0. The zero-order valence-electron chi connectivity index (χ0n) is 9.90. The van der Waals surface area contributed by atoms with Crippen LogP contribution in [0.2, 0.25) is 0 Å². The van der Waals surface area contributed by atoms with Gasteiger partial charge in [-0.15, -0.1) is 11.6 Å². The second kappa shape index (κ2) is 8.25. The van der Waals surface area contributed by atoms with Gasteiger partial charge in [-0.05, 0) is 13.8 Å². The van der Waals surface area contributed by atoms with Gasteiger partial charge in [0.2, 0.25) is 10.0 Å². The summed E-state index contributed by atoms with van der Waals surface area (Å²) in [5.41, 5.74) is 0. The van der Waals surface area contributed by atoms with E-state index in [1.165, 1.54) is 7.11 Å². The Morgan fingerprint density at radius 2 is 2.00 bits per heavy atom. The van der Waals surface area contributed by atoms with Crippen LogP contribution >= 0.6 is 11.6 Å². The predicted molar refractivity (Wildman–Crippen MR) is 64.4 cm³/mol. The van der Waals surface area contributed by atoms with Crippen molar-refractivity contribution in [2.75, 3.05) is 32.6 Å². The lowest BCUT2D eigenvalue weighted by molar-refractivity contribution is 0.0911. The third-order valence-electron chi connectivity index (χ3n) is 1.68. The van der Waals surface area contributed by atoms with E-state index in [2.05, 4.69) is 4.72 Å². The molecule has 0 saturated carbocycles. The Labute approximate surface area is 102 Å². The van der Waals surface area contributed by atoms with Gasteiger partial charge in [0.1, 0.15) is 0 Å². The van der Waals surface area contributed by atoms with Crippen LogP contribution in [0.3, 0.4) is 0 Å². The SMILES string of the molecule is COCC(Cl)CNS(=O)(=O)CCOC(C)C. The minimum atomic E-state index is -3.31. The summed E-state index contributed by atoms with van der Waals surface area (Å²) in [4.78, 5) is 0. The van der Waals surface area contributed by atoms with Gasteiger partial charge in [-0.2, -0.15) is 0 Å². The lowest BCUT2D eigenvalue weighted by Gasteiger charge is -2.11. The molecule has 0 amide bonds. The highest BCUT2D eigenvalue weighted by Gasteiger charge is 2.13. The van der Waals surface area contributed by atoms with Gasteiger partial charge >= 0.3 is 0 Å². The van der Waals surface area contributed by atoms with Crippen LogP contribution in [0.5, 0.6) is 0 Å². The topological polar surface area (TPSA) is 64.6 Å². The van der Waals surface area contributed by atoms with Crippen LogP contribution in [-0.4, -0.2) is 52.5 Å². The maximum atomic E-state index is 11.4. The Kier molecular flexibility index (Phi) is 8.31. The van der Waals surface area contributed by atoms with Crippen molar-refractivity contribution in [2.45, 2.75) is 25.3 Å². The number of hydrogen-bond donors (Lipinski definition) is 1. The molecule has 7 heteroatoms. The second-order valence-electron chi connectivity index (χ2n) is 3.64. The summed E-state index contributed by atoms with van der Waals surface area (Å²) in [7, 11) is -1.79. The second-order valence-corrected chi connectivity index (χ2v) is 6.18. The number of ether oxygens (including phenoxy) is 2. The van der Waals surface area contributed by atoms with Gasteiger partial charge in [-0.1, -0.05) is 0 Å². The van der Waals surface area contributed by atoms with Gasteiger partial charge in [-0.3, -0.25) is 0 Å². The molecule has 98 valence electrons. The van der Waals surface area contributed by atoms with Gasteiger partial charge in [0.05, 0.1) is 30.4 Å². The molecule has 0 aromatic rings. The van der Waals surface area contributed by atoms with Crippen molar-refractivity contribution in [1.29, 1.82) is 0 Å². The fraction of sp³-hybridized carbons (Fsp3) is 1.00. The third-order valence-corrected chi connectivity index (χ3v) is 3.27. The van der Waals surface area contributed by atoms with E-state index in [0.717, 1.165) is 0 Å². The van der Waals surface area contributed by atoms with E-state index in [-0.39, 0.29) is 30.4 Å². The van der Waals surface area contributed by atoms with Crippen molar-refractivity contribution in [3.8, 4) is 0 Å². The summed E-state index contributed by atoms with van der Waals surface area (Å²) in [5, 5.41) is -0.356. The standard InChI is InChI=1S/C9H20ClNO4S/c1-8(2)15-4-5-16(12,13)11-6-9(10)7-14-3/h8-9,11H,4-7H2,1-3H3. The Morgan fingerprint density at radius 1 is 1.38 bits per heavy atom. The molecule has 0 heterocycles. The molecule has 0 aliphatic carbocycles. The molecule has 0 fully saturated rings. The van der Waals surface area contributed by atoms with Crippen molar-refractivity contribution < 1.29 is 17.9 Å². The van der Waals surface area contributed by atoms with Crippen molar-refractivity contribution in [3.63, 3.8) is 0 Å². The quantitative estimate of drug-likeness (QED) is 0.625. The Balaban J connectivity index is 3.78. The molecule has 0 aliphatic rings. The van der Waals surface area contributed by atoms with E-state index in [1.54, 1.807) is 0 Å². The number of rotatable bonds is 9. The number of nitrogens with one attached hydrogen (secondary N) is 1. The highest BCUT2D eigenvalue weighted by molar-refractivity contribution is 7.89. The first-order valence-electron chi connectivity index (χ1n) is 5.09. The summed E-state index contributed by atoms with van der Waals surface area (Å²) >= 11 is 5.79. The monoisotopic (exact) mass is 273 g/mol. The molecule has 16 heavy (non-hydrogen) atoms. The molecular formula is C9H20ClNO4S. The molecule has 5 nitrogen and oxygen atoms in total. The molecule has 0 aromatic carbocycles. The smallest absolute Gasteiger partial charge is 0.213 e. The Bertz CT molecular complexity index is 269. The van der Waals surface area contributed by atoms with Crippen molar-refractivity contribution in [1.82, 2.24) is 4.72 Å². The number of halogens is 1. The van der Waals surface area contributed by atoms with E-state index in [4.69, 9.17) is 21.1 Å². The lowest BCUT2D eigenvalue weighted by Crippen LogP contribution is -2.34. The molecule has 0 saturated heterocycles. The highest BCUT2D eigenvalue weighted by atomic mass is 35.5. The van der Waals surface area contributed by atoms with E-state index in [0.29, 0.717) is 6.61 Å². The Hall–Kier alpha value is 0.120. The molecule has 1 atom stereocenters. The van der Waals surface area contributed by atoms with Crippen LogP contribution in [-0.2, 0) is 19.5 Å². The third kappa shape index (κ3) is 9.35. The summed E-state index contributed by atoms with van der Waals surface area (Å²) in [6.07, 6.45) is 0.0319. The fourth-order valence-corrected chi connectivity index (χ4v) is 2.13. The van der Waals surface area contributed by atoms with Crippen LogP contribution in [0, 0.1) is 0 Å². The number of hydrogen-bond acceptors (Lipinski definition) is 4. The molecule has 0 aliphatic heterocycles. The summed E-state index contributed by atoms with van der Waals surface area (Å²) in [5.74, 6) is -0.0538. The minimum absolute atomic E-state index is 0.0319. The molecule has 0 rings (SSSR count). The van der Waals surface area contributed by atoms with Crippen molar-refractivity contribution in [2.24, 2.45) is 0 Å². The molecule has 0 radical (unpaired) electrons. The number of methoxy groups -OCH3 is 1. The number of sulfonamides is 1. The predicted octanol–water partition coefficient (Wildman–Crippen LogP) is 0.585. The first-order chi connectivity index (χ1) is 7.37. The normalized spacial score (nSPS) is 14.3. The largest absolute Gasteiger partial charge is 0.383 e. The van der Waals surface area contributed by atoms with Gasteiger partial charge in [0.25, 0.3) is 0 Å². The molecule has 1 unspecified atom stereocenters. The molecule has 0 bridgehead atoms. The summed E-state index contributed by atoms with van der Waals surface area (Å²) < 4.78 is 35.2. The van der Waals surface area contributed by atoms with Gasteiger partial charge in [0, 0.05) is 13.7 Å². The van der Waals surface area contributed by atoms with E-state index in [1.807, 2.05) is 13.8 Å². The minimum Gasteiger partial charge on any atom is -0.383 e. The van der Waals surface area contributed by atoms with Crippen LogP contribution in [0.25, 0.3) is 0 Å². The van der Waals surface area contributed by atoms with E-state index in [9.17, 15) is 8.42 Å². The maximum Gasteiger partial charge on any atom is 0.213 e.